The maximum atomic E-state index is 13.6. The maximum absolute atomic E-state index is 13.6. The lowest BCUT2D eigenvalue weighted by Crippen LogP contribution is -2.37. The van der Waals surface area contributed by atoms with Crippen LogP contribution in [0.15, 0.2) is 71.6 Å². The molecule has 9 heteroatoms. The summed E-state index contributed by atoms with van der Waals surface area (Å²) in [7, 11) is 0.253. The first-order chi connectivity index (χ1) is 17.7. The first-order valence-electron chi connectivity index (χ1n) is 12.2. The van der Waals surface area contributed by atoms with E-state index in [4.69, 9.17) is 4.98 Å². The molecule has 1 aliphatic heterocycles. The molecule has 192 valence electrons. The fourth-order valence-electron chi connectivity index (χ4n) is 4.52. The third-order valence-corrected chi connectivity index (χ3v) is 9.59. The van der Waals surface area contributed by atoms with E-state index >= 15 is 0 Å². The smallest absolute Gasteiger partial charge is 0.260 e. The number of sulfonamides is 1. The molecule has 4 aromatic rings. The number of aryl methyl sites for hydroxylation is 1. The Morgan fingerprint density at radius 1 is 0.973 bits per heavy atom. The highest BCUT2D eigenvalue weighted by molar-refractivity contribution is 7.89. The molecule has 0 radical (unpaired) electrons. The zero-order valence-electron chi connectivity index (χ0n) is 21.2. The van der Waals surface area contributed by atoms with E-state index in [-0.39, 0.29) is 10.8 Å². The summed E-state index contributed by atoms with van der Waals surface area (Å²) in [5, 5.41) is 0.639. The van der Waals surface area contributed by atoms with Gasteiger partial charge in [0, 0.05) is 31.7 Å². The topological polar surface area (TPSA) is 73.8 Å². The van der Waals surface area contributed by atoms with Crippen molar-refractivity contribution in [1.29, 1.82) is 0 Å². The van der Waals surface area contributed by atoms with E-state index in [0.717, 1.165) is 21.3 Å². The second-order valence-electron chi connectivity index (χ2n) is 9.56. The Hall–Kier alpha value is -3.11. The van der Waals surface area contributed by atoms with Crippen LogP contribution < -0.4 is 4.90 Å². The quantitative estimate of drug-likeness (QED) is 0.348. The van der Waals surface area contributed by atoms with Gasteiger partial charge in [-0.15, -0.1) is 0 Å². The van der Waals surface area contributed by atoms with Crippen LogP contribution in [0.4, 0.5) is 5.13 Å². The van der Waals surface area contributed by atoms with Crippen LogP contribution in [0.25, 0.3) is 10.2 Å². The summed E-state index contributed by atoms with van der Waals surface area (Å²) in [6.07, 6.45) is 0.689. The van der Waals surface area contributed by atoms with Crippen molar-refractivity contribution in [3.05, 3.63) is 89.0 Å². The Bertz CT molecular complexity index is 1550. The van der Waals surface area contributed by atoms with E-state index < -0.39 is 10.0 Å². The van der Waals surface area contributed by atoms with Gasteiger partial charge in [0.2, 0.25) is 10.0 Å². The summed E-state index contributed by atoms with van der Waals surface area (Å²) in [6.45, 7) is 3.95. The molecule has 7 nitrogen and oxygen atoms in total. The number of para-hydroxylation sites is 1. The molecule has 0 unspecified atom stereocenters. The van der Waals surface area contributed by atoms with Crippen LogP contribution in [-0.4, -0.2) is 62.2 Å². The van der Waals surface area contributed by atoms with Crippen molar-refractivity contribution in [2.45, 2.75) is 24.8 Å². The molecular formula is C28H30N4O3S2. The minimum atomic E-state index is -3.67. The Morgan fingerprint density at radius 2 is 1.70 bits per heavy atom. The summed E-state index contributed by atoms with van der Waals surface area (Å²) in [4.78, 5) is 22.3. The Morgan fingerprint density at radius 3 is 2.41 bits per heavy atom. The molecule has 5 rings (SSSR count). The van der Waals surface area contributed by atoms with Crippen LogP contribution in [0.3, 0.4) is 0 Å². The van der Waals surface area contributed by atoms with Gasteiger partial charge in [-0.2, -0.15) is 4.31 Å². The van der Waals surface area contributed by atoms with Gasteiger partial charge >= 0.3 is 0 Å². The van der Waals surface area contributed by atoms with Crippen LogP contribution in [0.5, 0.6) is 0 Å². The van der Waals surface area contributed by atoms with Gasteiger partial charge in [0.1, 0.15) is 0 Å². The highest BCUT2D eigenvalue weighted by atomic mass is 32.2. The Kier molecular flexibility index (Phi) is 7.13. The molecular weight excluding hydrogens is 504 g/mol. The average Bonchev–Trinajstić information content (AvgIpc) is 3.33. The van der Waals surface area contributed by atoms with Crippen molar-refractivity contribution in [2.75, 3.05) is 38.6 Å². The van der Waals surface area contributed by atoms with Gasteiger partial charge in [-0.1, -0.05) is 47.7 Å². The predicted octanol–water partition coefficient (Wildman–Crippen LogP) is 4.56. The van der Waals surface area contributed by atoms with E-state index in [1.807, 2.05) is 62.3 Å². The van der Waals surface area contributed by atoms with Gasteiger partial charge in [-0.05, 0) is 74.5 Å². The molecule has 0 atom stereocenters. The first kappa shape index (κ1) is 25.5. The van der Waals surface area contributed by atoms with Crippen molar-refractivity contribution in [2.24, 2.45) is 0 Å². The molecule has 3 aromatic carbocycles. The first-order valence-corrected chi connectivity index (χ1v) is 14.5. The molecule has 1 amide bonds. The number of fused-ring (bicyclic) bond motifs is 2. The molecule has 2 heterocycles. The number of carbonyl (C=O) groups excluding carboxylic acids is 1. The molecule has 0 saturated carbocycles. The van der Waals surface area contributed by atoms with Crippen LogP contribution in [0.1, 0.15) is 27.0 Å². The highest BCUT2D eigenvalue weighted by Gasteiger charge is 2.29. The lowest BCUT2D eigenvalue weighted by Gasteiger charge is -2.28. The normalized spacial score (nSPS) is 14.2. The van der Waals surface area contributed by atoms with Crippen LogP contribution in [0, 0.1) is 6.92 Å². The van der Waals surface area contributed by atoms with Crippen molar-refractivity contribution in [3.63, 3.8) is 0 Å². The minimum absolute atomic E-state index is 0.193. The van der Waals surface area contributed by atoms with Gasteiger partial charge in [0.05, 0.1) is 15.1 Å². The Balaban J connectivity index is 1.40. The van der Waals surface area contributed by atoms with E-state index in [2.05, 4.69) is 6.07 Å². The van der Waals surface area contributed by atoms with E-state index in [0.29, 0.717) is 43.3 Å². The maximum Gasteiger partial charge on any atom is 0.260 e. The number of hydrogen-bond acceptors (Lipinski definition) is 6. The zero-order valence-corrected chi connectivity index (χ0v) is 22.8. The third-order valence-electron chi connectivity index (χ3n) is 6.69. The summed E-state index contributed by atoms with van der Waals surface area (Å²) >= 11 is 1.49. The molecule has 1 aromatic heterocycles. The monoisotopic (exact) mass is 534 g/mol. The summed E-state index contributed by atoms with van der Waals surface area (Å²) < 4.78 is 29.3. The van der Waals surface area contributed by atoms with Gasteiger partial charge in [0.25, 0.3) is 5.91 Å². The zero-order chi connectivity index (χ0) is 26.2. The van der Waals surface area contributed by atoms with Gasteiger partial charge in [0.15, 0.2) is 5.13 Å². The number of thiazole rings is 1. The second kappa shape index (κ2) is 10.3. The van der Waals surface area contributed by atoms with Crippen molar-refractivity contribution >= 4 is 42.6 Å². The molecule has 0 fully saturated rings. The summed E-state index contributed by atoms with van der Waals surface area (Å²) in [5.41, 5.74) is 4.62. The van der Waals surface area contributed by atoms with Gasteiger partial charge < -0.3 is 4.90 Å². The molecule has 0 bridgehead atoms. The SMILES string of the molecule is Cc1cccc2sc(N(CCN(C)C)C(=O)c3ccc(S(=O)(=O)N4CCc5ccccc5C4)cc3)nc12. The van der Waals surface area contributed by atoms with Crippen molar-refractivity contribution in [1.82, 2.24) is 14.2 Å². The predicted molar refractivity (Wildman–Crippen MR) is 149 cm³/mol. The lowest BCUT2D eigenvalue weighted by atomic mass is 10.0. The number of carbonyl (C=O) groups is 1. The molecule has 37 heavy (non-hydrogen) atoms. The van der Waals surface area contributed by atoms with Crippen molar-refractivity contribution in [3.8, 4) is 0 Å². The molecule has 0 spiro atoms. The number of likely N-dealkylation sites (N-methyl/N-ethyl adjacent to an activating group) is 1. The van der Waals surface area contributed by atoms with Crippen molar-refractivity contribution < 1.29 is 13.2 Å². The summed E-state index contributed by atoms with van der Waals surface area (Å²) in [5.74, 6) is -0.200. The standard InChI is InChI=1S/C28H30N4O3S2/c1-20-7-6-10-25-26(20)29-28(36-25)32(18-17-30(2)3)27(33)22-11-13-24(14-12-22)37(34,35)31-16-15-21-8-4-5-9-23(21)19-31/h4-14H,15-19H2,1-3H3. The Labute approximate surface area is 222 Å². The lowest BCUT2D eigenvalue weighted by molar-refractivity contribution is 0.0985. The summed E-state index contributed by atoms with van der Waals surface area (Å²) in [6, 6.07) is 20.2. The number of nitrogens with zero attached hydrogens (tertiary/aromatic N) is 4. The van der Waals surface area contributed by atoms with E-state index in [1.165, 1.54) is 33.3 Å². The van der Waals surface area contributed by atoms with E-state index in [9.17, 15) is 13.2 Å². The third kappa shape index (κ3) is 5.17. The fraction of sp³-hybridized carbons (Fsp3) is 0.286. The molecule has 1 aliphatic rings. The molecule has 0 aliphatic carbocycles. The number of hydrogen-bond donors (Lipinski definition) is 0. The number of rotatable bonds is 7. The van der Waals surface area contributed by atoms with Gasteiger partial charge in [-0.25, -0.2) is 13.4 Å². The number of amides is 1. The highest BCUT2D eigenvalue weighted by Crippen LogP contribution is 2.32. The minimum Gasteiger partial charge on any atom is -0.308 e. The van der Waals surface area contributed by atoms with E-state index in [1.54, 1.807) is 17.0 Å². The second-order valence-corrected chi connectivity index (χ2v) is 12.5. The number of anilines is 1. The molecule has 0 saturated heterocycles. The number of benzene rings is 3. The number of aromatic nitrogens is 1. The largest absolute Gasteiger partial charge is 0.308 e. The molecule has 0 N–H and O–H groups in total. The van der Waals surface area contributed by atoms with Crippen LogP contribution >= 0.6 is 11.3 Å². The van der Waals surface area contributed by atoms with Crippen LogP contribution in [0.2, 0.25) is 0 Å². The van der Waals surface area contributed by atoms with Gasteiger partial charge in [-0.3, -0.25) is 9.69 Å². The average molecular weight is 535 g/mol. The van der Waals surface area contributed by atoms with Crippen LogP contribution in [-0.2, 0) is 23.0 Å². The fourth-order valence-corrected chi connectivity index (χ4v) is 7.01.